The molecule has 1 heterocycles. The molecule has 1 aliphatic rings. The average Bonchev–Trinajstić information content (AvgIpc) is 2.37. The average molecular weight is 247 g/mol. The Morgan fingerprint density at radius 2 is 2.06 bits per heavy atom. The fourth-order valence-electron chi connectivity index (χ4n) is 3.07. The standard InChI is InChI=1S/C15H25N3/c1-15(2,3)13-6-4-5-7-14(13)17-10-12-8-9-16-11-18-12/h8-9,11,13-14,17H,4-7,10H2,1-3H3. The summed E-state index contributed by atoms with van der Waals surface area (Å²) in [6, 6.07) is 2.62. The SMILES string of the molecule is CC(C)(C)C1CCCCC1NCc1ccncn1. The van der Waals surface area contributed by atoms with E-state index < -0.39 is 0 Å². The summed E-state index contributed by atoms with van der Waals surface area (Å²) in [7, 11) is 0. The first-order valence-electron chi connectivity index (χ1n) is 7.05. The van der Waals surface area contributed by atoms with E-state index in [0.717, 1.165) is 18.2 Å². The lowest BCUT2D eigenvalue weighted by Gasteiger charge is -2.41. The minimum absolute atomic E-state index is 0.393. The molecule has 0 aromatic carbocycles. The Balaban J connectivity index is 1.94. The molecule has 0 amide bonds. The van der Waals surface area contributed by atoms with E-state index in [0.29, 0.717) is 11.5 Å². The van der Waals surface area contributed by atoms with E-state index in [-0.39, 0.29) is 0 Å². The molecule has 3 heteroatoms. The van der Waals surface area contributed by atoms with Gasteiger partial charge in [0.15, 0.2) is 0 Å². The molecule has 1 fully saturated rings. The highest BCUT2D eigenvalue weighted by molar-refractivity contribution is 4.98. The van der Waals surface area contributed by atoms with E-state index in [9.17, 15) is 0 Å². The van der Waals surface area contributed by atoms with Crippen LogP contribution in [0.2, 0.25) is 0 Å². The maximum Gasteiger partial charge on any atom is 0.115 e. The fourth-order valence-corrected chi connectivity index (χ4v) is 3.07. The van der Waals surface area contributed by atoms with E-state index in [2.05, 4.69) is 36.1 Å². The Hall–Kier alpha value is -0.960. The van der Waals surface area contributed by atoms with Gasteiger partial charge in [-0.1, -0.05) is 33.6 Å². The first-order valence-corrected chi connectivity index (χ1v) is 7.05. The minimum atomic E-state index is 0.393. The van der Waals surface area contributed by atoms with Crippen molar-refractivity contribution in [1.29, 1.82) is 0 Å². The number of aromatic nitrogens is 2. The number of rotatable bonds is 3. The summed E-state index contributed by atoms with van der Waals surface area (Å²) < 4.78 is 0. The molecule has 2 atom stereocenters. The summed E-state index contributed by atoms with van der Waals surface area (Å²) in [6.45, 7) is 7.95. The molecule has 0 bridgehead atoms. The van der Waals surface area contributed by atoms with Gasteiger partial charge in [0.1, 0.15) is 6.33 Å². The quantitative estimate of drug-likeness (QED) is 0.891. The molecule has 100 valence electrons. The van der Waals surface area contributed by atoms with Crippen LogP contribution in [0, 0.1) is 11.3 Å². The van der Waals surface area contributed by atoms with Crippen molar-refractivity contribution in [1.82, 2.24) is 15.3 Å². The molecule has 1 saturated carbocycles. The maximum absolute atomic E-state index is 4.28. The predicted octanol–water partition coefficient (Wildman–Crippen LogP) is 3.17. The number of hydrogen-bond donors (Lipinski definition) is 1. The van der Waals surface area contributed by atoms with Gasteiger partial charge in [-0.25, -0.2) is 9.97 Å². The van der Waals surface area contributed by atoms with Gasteiger partial charge in [-0.2, -0.15) is 0 Å². The highest BCUT2D eigenvalue weighted by Crippen LogP contribution is 2.38. The third kappa shape index (κ3) is 3.52. The molecule has 2 unspecified atom stereocenters. The second-order valence-electron chi connectivity index (χ2n) is 6.45. The van der Waals surface area contributed by atoms with Crippen LogP contribution in [-0.2, 0) is 6.54 Å². The first-order chi connectivity index (χ1) is 8.57. The second kappa shape index (κ2) is 5.79. The summed E-state index contributed by atoms with van der Waals surface area (Å²) in [5, 5.41) is 3.70. The summed E-state index contributed by atoms with van der Waals surface area (Å²) in [5.41, 5.74) is 1.48. The van der Waals surface area contributed by atoms with E-state index in [1.54, 1.807) is 6.33 Å². The van der Waals surface area contributed by atoms with Crippen molar-refractivity contribution in [3.05, 3.63) is 24.3 Å². The maximum atomic E-state index is 4.28. The van der Waals surface area contributed by atoms with Crippen molar-refractivity contribution in [3.8, 4) is 0 Å². The lowest BCUT2D eigenvalue weighted by molar-refractivity contribution is 0.130. The van der Waals surface area contributed by atoms with Gasteiger partial charge in [-0.3, -0.25) is 0 Å². The van der Waals surface area contributed by atoms with E-state index in [1.807, 2.05) is 12.3 Å². The van der Waals surface area contributed by atoms with Gasteiger partial charge in [0.05, 0.1) is 5.69 Å². The van der Waals surface area contributed by atoms with E-state index in [1.165, 1.54) is 25.7 Å². The monoisotopic (exact) mass is 247 g/mol. The molecular weight excluding hydrogens is 222 g/mol. The van der Waals surface area contributed by atoms with Gasteiger partial charge in [-0.15, -0.1) is 0 Å². The minimum Gasteiger partial charge on any atom is -0.308 e. The predicted molar refractivity (Wildman–Crippen MR) is 74.1 cm³/mol. The van der Waals surface area contributed by atoms with Crippen molar-refractivity contribution >= 4 is 0 Å². The van der Waals surface area contributed by atoms with Crippen LogP contribution in [0.5, 0.6) is 0 Å². The summed E-state index contributed by atoms with van der Waals surface area (Å²) in [6.07, 6.45) is 8.82. The van der Waals surface area contributed by atoms with Crippen LogP contribution in [0.1, 0.15) is 52.1 Å². The Morgan fingerprint density at radius 3 is 2.72 bits per heavy atom. The lowest BCUT2D eigenvalue weighted by Crippen LogP contribution is -2.44. The van der Waals surface area contributed by atoms with E-state index >= 15 is 0 Å². The lowest BCUT2D eigenvalue weighted by atomic mass is 9.69. The summed E-state index contributed by atoms with van der Waals surface area (Å²) >= 11 is 0. The topological polar surface area (TPSA) is 37.8 Å². The third-order valence-electron chi connectivity index (χ3n) is 4.07. The number of hydrogen-bond acceptors (Lipinski definition) is 3. The zero-order valence-electron chi connectivity index (χ0n) is 11.8. The first kappa shape index (κ1) is 13.5. The normalized spacial score (nSPS) is 25.1. The van der Waals surface area contributed by atoms with Crippen LogP contribution in [0.25, 0.3) is 0 Å². The zero-order chi connectivity index (χ0) is 13.0. The van der Waals surface area contributed by atoms with Crippen LogP contribution in [0.3, 0.4) is 0 Å². The van der Waals surface area contributed by atoms with Gasteiger partial charge in [0.2, 0.25) is 0 Å². The Morgan fingerprint density at radius 1 is 1.28 bits per heavy atom. The highest BCUT2D eigenvalue weighted by atomic mass is 15.0. The van der Waals surface area contributed by atoms with Crippen molar-refractivity contribution < 1.29 is 0 Å². The number of nitrogens with one attached hydrogen (secondary N) is 1. The van der Waals surface area contributed by atoms with Crippen LogP contribution in [0.4, 0.5) is 0 Å². The van der Waals surface area contributed by atoms with Gasteiger partial charge in [-0.05, 0) is 30.2 Å². The molecule has 18 heavy (non-hydrogen) atoms. The Kier molecular flexibility index (Phi) is 4.33. The molecule has 0 saturated heterocycles. The van der Waals surface area contributed by atoms with Crippen LogP contribution >= 0.6 is 0 Å². The molecule has 0 spiro atoms. The number of nitrogens with zero attached hydrogens (tertiary/aromatic N) is 2. The summed E-state index contributed by atoms with van der Waals surface area (Å²) in [4.78, 5) is 8.23. The molecule has 3 nitrogen and oxygen atoms in total. The van der Waals surface area contributed by atoms with E-state index in [4.69, 9.17) is 0 Å². The Labute approximate surface area is 110 Å². The molecule has 0 aliphatic heterocycles. The fraction of sp³-hybridized carbons (Fsp3) is 0.733. The smallest absolute Gasteiger partial charge is 0.115 e. The Bertz CT molecular complexity index is 356. The van der Waals surface area contributed by atoms with Gasteiger partial charge < -0.3 is 5.32 Å². The van der Waals surface area contributed by atoms with Gasteiger partial charge in [0, 0.05) is 18.8 Å². The zero-order valence-corrected chi connectivity index (χ0v) is 11.8. The van der Waals surface area contributed by atoms with Gasteiger partial charge >= 0.3 is 0 Å². The van der Waals surface area contributed by atoms with Crippen LogP contribution < -0.4 is 5.32 Å². The molecule has 0 radical (unpaired) electrons. The molecule has 1 aromatic rings. The van der Waals surface area contributed by atoms with Gasteiger partial charge in [0.25, 0.3) is 0 Å². The van der Waals surface area contributed by atoms with Crippen molar-refractivity contribution in [3.63, 3.8) is 0 Å². The molecule has 2 rings (SSSR count). The second-order valence-corrected chi connectivity index (χ2v) is 6.45. The van der Waals surface area contributed by atoms with Crippen LogP contribution in [-0.4, -0.2) is 16.0 Å². The molecular formula is C15H25N3. The molecule has 1 aliphatic carbocycles. The van der Waals surface area contributed by atoms with Crippen molar-refractivity contribution in [2.45, 2.75) is 59.0 Å². The van der Waals surface area contributed by atoms with Crippen molar-refractivity contribution in [2.75, 3.05) is 0 Å². The highest BCUT2D eigenvalue weighted by Gasteiger charge is 2.33. The molecule has 1 aromatic heterocycles. The van der Waals surface area contributed by atoms with Crippen LogP contribution in [0.15, 0.2) is 18.6 Å². The third-order valence-corrected chi connectivity index (χ3v) is 4.07. The van der Waals surface area contributed by atoms with Crippen molar-refractivity contribution in [2.24, 2.45) is 11.3 Å². The largest absolute Gasteiger partial charge is 0.308 e. The molecule has 1 N–H and O–H groups in total. The summed E-state index contributed by atoms with van der Waals surface area (Å²) in [5.74, 6) is 0.771.